The average molecular weight is 287 g/mol. The Morgan fingerprint density at radius 2 is 2.00 bits per heavy atom. The first-order valence-electron chi connectivity index (χ1n) is 6.26. The van der Waals surface area contributed by atoms with Crippen molar-refractivity contribution in [3.63, 3.8) is 0 Å². The molecule has 2 aromatic carbocycles. The maximum Gasteiger partial charge on any atom is 0.133 e. The molecular weight excluding hydrogens is 270 g/mol. The van der Waals surface area contributed by atoms with E-state index in [2.05, 4.69) is 19.1 Å². The smallest absolute Gasteiger partial charge is 0.133 e. The van der Waals surface area contributed by atoms with Crippen molar-refractivity contribution in [1.29, 1.82) is 0 Å². The number of methoxy groups -OCH3 is 1. The van der Waals surface area contributed by atoms with E-state index in [0.717, 1.165) is 5.56 Å². The molecule has 2 aromatic rings. The Balaban J connectivity index is 2.21. The van der Waals surface area contributed by atoms with Crippen LogP contribution in [0.1, 0.15) is 16.7 Å². The molecule has 0 heterocycles. The van der Waals surface area contributed by atoms with Crippen LogP contribution in [0.15, 0.2) is 42.5 Å². The van der Waals surface area contributed by atoms with Crippen LogP contribution in [-0.2, 0) is 6.61 Å². The molecule has 0 fully saturated rings. The van der Waals surface area contributed by atoms with Gasteiger partial charge in [0.15, 0.2) is 0 Å². The van der Waals surface area contributed by atoms with Crippen molar-refractivity contribution in [3.8, 4) is 11.5 Å². The Labute approximate surface area is 124 Å². The van der Waals surface area contributed by atoms with E-state index in [-0.39, 0.29) is 0 Å². The lowest BCUT2D eigenvalue weighted by molar-refractivity contribution is 0.303. The number of ether oxygens (including phenoxy) is 2. The van der Waals surface area contributed by atoms with E-state index in [1.807, 2.05) is 24.3 Å². The second-order valence-corrected chi connectivity index (χ2v) is 4.94. The van der Waals surface area contributed by atoms with Crippen molar-refractivity contribution in [2.45, 2.75) is 13.5 Å². The third kappa shape index (κ3) is 3.48. The number of benzene rings is 2. The van der Waals surface area contributed by atoms with Gasteiger partial charge in [0, 0.05) is 6.07 Å². The highest BCUT2D eigenvalue weighted by Crippen LogP contribution is 2.25. The molecule has 0 radical (unpaired) electrons. The van der Waals surface area contributed by atoms with Crippen LogP contribution < -0.4 is 15.2 Å². The Hall–Kier alpha value is -2.07. The maximum atomic E-state index is 5.83. The fourth-order valence-corrected chi connectivity index (χ4v) is 2.08. The SMILES string of the molecule is COc1ccc(C(N)=S)c(OCc2cccc(C)c2)c1. The van der Waals surface area contributed by atoms with Crippen molar-refractivity contribution < 1.29 is 9.47 Å². The molecule has 2 rings (SSSR count). The van der Waals surface area contributed by atoms with Gasteiger partial charge in [0.1, 0.15) is 23.1 Å². The van der Waals surface area contributed by atoms with Gasteiger partial charge in [0.2, 0.25) is 0 Å². The van der Waals surface area contributed by atoms with Gasteiger partial charge < -0.3 is 15.2 Å². The quantitative estimate of drug-likeness (QED) is 0.858. The highest BCUT2D eigenvalue weighted by atomic mass is 32.1. The normalized spacial score (nSPS) is 10.1. The summed E-state index contributed by atoms with van der Waals surface area (Å²) in [4.78, 5) is 0.312. The Morgan fingerprint density at radius 1 is 1.20 bits per heavy atom. The summed E-state index contributed by atoms with van der Waals surface area (Å²) in [5, 5.41) is 0. The molecule has 20 heavy (non-hydrogen) atoms. The lowest BCUT2D eigenvalue weighted by atomic mass is 10.1. The van der Waals surface area contributed by atoms with Gasteiger partial charge in [-0.1, -0.05) is 42.0 Å². The first-order valence-corrected chi connectivity index (χ1v) is 6.67. The first-order chi connectivity index (χ1) is 9.60. The van der Waals surface area contributed by atoms with E-state index in [1.165, 1.54) is 5.56 Å². The summed E-state index contributed by atoms with van der Waals surface area (Å²) in [5.74, 6) is 1.35. The van der Waals surface area contributed by atoms with Crippen LogP contribution in [0.25, 0.3) is 0 Å². The van der Waals surface area contributed by atoms with Gasteiger partial charge in [-0.15, -0.1) is 0 Å². The lowest BCUT2D eigenvalue weighted by Crippen LogP contribution is -2.11. The number of hydrogen-bond donors (Lipinski definition) is 1. The second-order valence-electron chi connectivity index (χ2n) is 4.50. The molecule has 0 atom stereocenters. The molecule has 0 saturated heterocycles. The molecule has 0 unspecified atom stereocenters. The fourth-order valence-electron chi connectivity index (χ4n) is 1.92. The molecule has 0 spiro atoms. The number of aryl methyl sites for hydroxylation is 1. The molecule has 2 N–H and O–H groups in total. The van der Waals surface area contributed by atoms with Crippen molar-refractivity contribution >= 4 is 17.2 Å². The van der Waals surface area contributed by atoms with Gasteiger partial charge in [-0.2, -0.15) is 0 Å². The number of thiocarbonyl (C=S) groups is 1. The Bertz CT molecular complexity index is 626. The van der Waals surface area contributed by atoms with Crippen molar-refractivity contribution in [3.05, 3.63) is 59.2 Å². The van der Waals surface area contributed by atoms with Crippen LogP contribution in [0.2, 0.25) is 0 Å². The molecule has 0 aliphatic carbocycles. The molecule has 0 amide bonds. The minimum absolute atomic E-state index is 0.312. The first kappa shape index (κ1) is 14.3. The Kier molecular flexibility index (Phi) is 4.58. The largest absolute Gasteiger partial charge is 0.497 e. The van der Waals surface area contributed by atoms with Crippen LogP contribution in [0.3, 0.4) is 0 Å². The average Bonchev–Trinajstić information content (AvgIpc) is 2.44. The van der Waals surface area contributed by atoms with E-state index in [9.17, 15) is 0 Å². The third-order valence-electron chi connectivity index (χ3n) is 2.93. The zero-order valence-electron chi connectivity index (χ0n) is 11.6. The minimum atomic E-state index is 0.312. The van der Waals surface area contributed by atoms with Crippen molar-refractivity contribution in [1.82, 2.24) is 0 Å². The van der Waals surface area contributed by atoms with E-state index >= 15 is 0 Å². The summed E-state index contributed by atoms with van der Waals surface area (Å²) >= 11 is 5.04. The summed E-state index contributed by atoms with van der Waals surface area (Å²) in [6.45, 7) is 2.51. The zero-order chi connectivity index (χ0) is 14.5. The minimum Gasteiger partial charge on any atom is -0.497 e. The number of hydrogen-bond acceptors (Lipinski definition) is 3. The van der Waals surface area contributed by atoms with E-state index in [4.69, 9.17) is 27.4 Å². The molecule has 104 valence electrons. The monoisotopic (exact) mass is 287 g/mol. The molecule has 0 aromatic heterocycles. The van der Waals surface area contributed by atoms with Crippen LogP contribution in [-0.4, -0.2) is 12.1 Å². The predicted molar refractivity (Wildman–Crippen MR) is 84.4 cm³/mol. The van der Waals surface area contributed by atoms with Gasteiger partial charge in [-0.3, -0.25) is 0 Å². The van der Waals surface area contributed by atoms with Crippen LogP contribution in [0.4, 0.5) is 0 Å². The van der Waals surface area contributed by atoms with Crippen LogP contribution >= 0.6 is 12.2 Å². The van der Waals surface area contributed by atoms with E-state index in [1.54, 1.807) is 13.2 Å². The van der Waals surface area contributed by atoms with Gasteiger partial charge in [0.05, 0.1) is 12.7 Å². The summed E-state index contributed by atoms with van der Waals surface area (Å²) in [6, 6.07) is 13.6. The molecule has 0 aliphatic rings. The fraction of sp³-hybridized carbons (Fsp3) is 0.188. The van der Waals surface area contributed by atoms with E-state index in [0.29, 0.717) is 28.7 Å². The number of nitrogens with two attached hydrogens (primary N) is 1. The van der Waals surface area contributed by atoms with E-state index < -0.39 is 0 Å². The van der Waals surface area contributed by atoms with Gasteiger partial charge in [-0.25, -0.2) is 0 Å². The summed E-state index contributed by atoms with van der Waals surface area (Å²) in [7, 11) is 1.61. The standard InChI is InChI=1S/C16H17NO2S/c1-11-4-3-5-12(8-11)10-19-15-9-13(18-2)6-7-14(15)16(17)20/h3-9H,10H2,1-2H3,(H2,17,20). The van der Waals surface area contributed by atoms with Crippen molar-refractivity contribution in [2.24, 2.45) is 5.73 Å². The lowest BCUT2D eigenvalue weighted by Gasteiger charge is -2.12. The highest BCUT2D eigenvalue weighted by molar-refractivity contribution is 7.80. The molecule has 4 heteroatoms. The number of rotatable bonds is 5. The van der Waals surface area contributed by atoms with Gasteiger partial charge >= 0.3 is 0 Å². The van der Waals surface area contributed by atoms with Crippen LogP contribution in [0, 0.1) is 6.92 Å². The summed E-state index contributed by atoms with van der Waals surface area (Å²) in [5.41, 5.74) is 8.73. The molecule has 3 nitrogen and oxygen atoms in total. The highest BCUT2D eigenvalue weighted by Gasteiger charge is 2.08. The van der Waals surface area contributed by atoms with Gasteiger partial charge in [0.25, 0.3) is 0 Å². The topological polar surface area (TPSA) is 44.5 Å². The maximum absolute atomic E-state index is 5.83. The molecule has 0 aliphatic heterocycles. The molecule has 0 bridgehead atoms. The van der Waals surface area contributed by atoms with Crippen LogP contribution in [0.5, 0.6) is 11.5 Å². The molecule has 0 saturated carbocycles. The second kappa shape index (κ2) is 6.39. The zero-order valence-corrected chi connectivity index (χ0v) is 12.4. The molecular formula is C16H17NO2S. The summed E-state index contributed by atoms with van der Waals surface area (Å²) in [6.07, 6.45) is 0. The summed E-state index contributed by atoms with van der Waals surface area (Å²) < 4.78 is 11.0. The third-order valence-corrected chi connectivity index (χ3v) is 3.15. The van der Waals surface area contributed by atoms with Crippen molar-refractivity contribution in [2.75, 3.05) is 7.11 Å². The Morgan fingerprint density at radius 3 is 2.65 bits per heavy atom. The van der Waals surface area contributed by atoms with Gasteiger partial charge in [-0.05, 0) is 24.6 Å². The predicted octanol–water partition coefficient (Wildman–Crippen LogP) is 3.22.